The highest BCUT2D eigenvalue weighted by molar-refractivity contribution is 6.19. The minimum Gasteiger partial charge on any atom is -0.309 e. The fourth-order valence-corrected chi connectivity index (χ4v) is 10.2. The summed E-state index contributed by atoms with van der Waals surface area (Å²) < 4.78 is 4.83. The molecule has 0 amide bonds. The highest BCUT2D eigenvalue weighted by atomic mass is 15.0. The van der Waals surface area contributed by atoms with Crippen molar-refractivity contribution in [3.63, 3.8) is 0 Å². The molecule has 8 aromatic carbocycles. The van der Waals surface area contributed by atoms with Gasteiger partial charge >= 0.3 is 0 Å². The largest absolute Gasteiger partial charge is 0.309 e. The minimum atomic E-state index is 0.0683. The molecule has 0 spiro atoms. The first-order valence-corrected chi connectivity index (χ1v) is 21.7. The molecular formula is C57H45N5. The van der Waals surface area contributed by atoms with Crippen LogP contribution >= 0.6 is 0 Å². The molecule has 11 aromatic rings. The van der Waals surface area contributed by atoms with Crippen molar-refractivity contribution >= 4 is 54.4 Å². The molecule has 298 valence electrons. The van der Waals surface area contributed by atoms with Gasteiger partial charge in [-0.1, -0.05) is 143 Å². The quantitative estimate of drug-likeness (QED) is 0.174. The van der Waals surface area contributed by atoms with E-state index in [1.807, 2.05) is 18.2 Å². The smallest absolute Gasteiger partial charge is 0.164 e. The Hall–Kier alpha value is -7.37. The summed E-state index contributed by atoms with van der Waals surface area (Å²) in [6.45, 7) is 9.66. The van der Waals surface area contributed by atoms with Crippen LogP contribution in [0.5, 0.6) is 0 Å². The van der Waals surface area contributed by atoms with Crippen LogP contribution in [0, 0.1) is 0 Å². The molecule has 5 nitrogen and oxygen atoms in total. The van der Waals surface area contributed by atoms with Crippen LogP contribution in [0.1, 0.15) is 51.7 Å². The van der Waals surface area contributed by atoms with Crippen LogP contribution in [0.3, 0.4) is 0 Å². The molecule has 0 saturated carbocycles. The van der Waals surface area contributed by atoms with Crippen molar-refractivity contribution in [2.24, 2.45) is 0 Å². The number of rotatable bonds is 5. The third kappa shape index (κ3) is 5.65. The zero-order chi connectivity index (χ0) is 41.7. The maximum absolute atomic E-state index is 5.30. The standard InChI is InChI=1S/C57H45N5/c1-56(2)30-31-57(3,4)48-35-51-46(34-47(48)56)44-28-26-36-16-11-12-23-42(36)52(44)62(51)41-22-15-19-38(32-41)54-58-53(37-17-7-5-8-18-37)59-55(60-54)39-27-29-50-45(33-39)43-24-13-14-25-49(43)61(50)40-20-9-6-10-21-40/h5-29,32-35H,30-31H2,1-4H3. The third-order valence-electron chi connectivity index (χ3n) is 13.6. The number of fused-ring (bicyclic) bond motifs is 9. The van der Waals surface area contributed by atoms with Crippen LogP contribution in [0.15, 0.2) is 176 Å². The Morgan fingerprint density at radius 1 is 0.371 bits per heavy atom. The van der Waals surface area contributed by atoms with Crippen molar-refractivity contribution in [1.82, 2.24) is 24.1 Å². The normalized spacial score (nSPS) is 14.6. The van der Waals surface area contributed by atoms with Gasteiger partial charge in [-0.15, -0.1) is 0 Å². The average Bonchev–Trinajstić information content (AvgIpc) is 3.83. The number of aromatic nitrogens is 5. The van der Waals surface area contributed by atoms with E-state index in [-0.39, 0.29) is 10.8 Å². The summed E-state index contributed by atoms with van der Waals surface area (Å²) in [5.41, 5.74) is 12.8. The van der Waals surface area contributed by atoms with Gasteiger partial charge in [-0.05, 0) is 101 Å². The second-order valence-corrected chi connectivity index (χ2v) is 18.3. The summed E-state index contributed by atoms with van der Waals surface area (Å²) in [5.74, 6) is 1.91. The first kappa shape index (κ1) is 36.5. The van der Waals surface area contributed by atoms with Crippen molar-refractivity contribution in [1.29, 1.82) is 0 Å². The second-order valence-electron chi connectivity index (χ2n) is 18.3. The van der Waals surface area contributed by atoms with Gasteiger partial charge in [0, 0.05) is 55.0 Å². The molecule has 0 unspecified atom stereocenters. The average molecular weight is 800 g/mol. The van der Waals surface area contributed by atoms with Crippen molar-refractivity contribution in [2.45, 2.75) is 51.4 Å². The maximum Gasteiger partial charge on any atom is 0.164 e. The molecule has 3 aromatic heterocycles. The van der Waals surface area contributed by atoms with E-state index in [0.717, 1.165) is 50.9 Å². The van der Waals surface area contributed by atoms with E-state index in [1.165, 1.54) is 55.5 Å². The van der Waals surface area contributed by atoms with Crippen LogP contribution in [0.4, 0.5) is 0 Å². The Kier molecular flexibility index (Phi) is 7.98. The first-order valence-electron chi connectivity index (χ1n) is 21.7. The third-order valence-corrected chi connectivity index (χ3v) is 13.6. The molecule has 62 heavy (non-hydrogen) atoms. The molecule has 0 saturated heterocycles. The molecule has 0 N–H and O–H groups in total. The number of benzene rings is 8. The molecule has 0 aliphatic heterocycles. The summed E-state index contributed by atoms with van der Waals surface area (Å²) >= 11 is 0. The van der Waals surface area contributed by atoms with Gasteiger partial charge in [0.1, 0.15) is 0 Å². The van der Waals surface area contributed by atoms with Gasteiger partial charge in [0.05, 0.1) is 22.1 Å². The van der Waals surface area contributed by atoms with Gasteiger partial charge in [0.2, 0.25) is 0 Å². The summed E-state index contributed by atoms with van der Waals surface area (Å²) in [6, 6.07) is 63.2. The fourth-order valence-electron chi connectivity index (χ4n) is 10.2. The molecule has 0 fully saturated rings. The highest BCUT2D eigenvalue weighted by Gasteiger charge is 2.38. The number of hydrogen-bond donors (Lipinski definition) is 0. The van der Waals surface area contributed by atoms with Crippen LogP contribution < -0.4 is 0 Å². The van der Waals surface area contributed by atoms with Crippen LogP contribution in [0.25, 0.3) is 99.9 Å². The number of hydrogen-bond acceptors (Lipinski definition) is 3. The van der Waals surface area contributed by atoms with Crippen molar-refractivity contribution in [2.75, 3.05) is 0 Å². The Labute approximate surface area is 361 Å². The van der Waals surface area contributed by atoms with Crippen molar-refractivity contribution in [3.8, 4) is 45.5 Å². The van der Waals surface area contributed by atoms with E-state index in [0.29, 0.717) is 17.5 Å². The van der Waals surface area contributed by atoms with Gasteiger partial charge in [-0.25, -0.2) is 15.0 Å². The van der Waals surface area contributed by atoms with E-state index < -0.39 is 0 Å². The predicted molar refractivity (Wildman–Crippen MR) is 258 cm³/mol. The van der Waals surface area contributed by atoms with Crippen molar-refractivity contribution in [3.05, 3.63) is 187 Å². The molecule has 0 bridgehead atoms. The maximum atomic E-state index is 5.30. The number of para-hydroxylation sites is 2. The van der Waals surface area contributed by atoms with E-state index >= 15 is 0 Å². The Morgan fingerprint density at radius 3 is 1.69 bits per heavy atom. The van der Waals surface area contributed by atoms with E-state index in [9.17, 15) is 0 Å². The number of nitrogens with zero attached hydrogens (tertiary/aromatic N) is 5. The fraction of sp³-hybridized carbons (Fsp3) is 0.140. The summed E-state index contributed by atoms with van der Waals surface area (Å²) in [5, 5.41) is 7.36. The molecule has 0 atom stereocenters. The lowest BCUT2D eigenvalue weighted by Gasteiger charge is -2.42. The monoisotopic (exact) mass is 799 g/mol. The molecule has 5 heteroatoms. The topological polar surface area (TPSA) is 48.5 Å². The summed E-state index contributed by atoms with van der Waals surface area (Å²) in [6.07, 6.45) is 2.33. The molecule has 12 rings (SSSR count). The lowest BCUT2D eigenvalue weighted by molar-refractivity contribution is 0.332. The second kappa shape index (κ2) is 13.6. The van der Waals surface area contributed by atoms with Gasteiger partial charge in [0.25, 0.3) is 0 Å². The Morgan fingerprint density at radius 2 is 0.935 bits per heavy atom. The van der Waals surface area contributed by atoms with E-state index in [2.05, 4.69) is 195 Å². The van der Waals surface area contributed by atoms with Crippen LogP contribution in [-0.4, -0.2) is 24.1 Å². The first-order chi connectivity index (χ1) is 30.2. The van der Waals surface area contributed by atoms with Gasteiger partial charge in [-0.2, -0.15) is 0 Å². The molecule has 3 heterocycles. The predicted octanol–water partition coefficient (Wildman–Crippen LogP) is 14.6. The zero-order valence-electron chi connectivity index (χ0n) is 35.4. The van der Waals surface area contributed by atoms with E-state index in [1.54, 1.807) is 0 Å². The SMILES string of the molecule is CC1(C)CCC(C)(C)c2cc3c(cc21)c1ccc2ccccc2c1n3-c1cccc(-c2nc(-c3ccccc3)nc(-c3ccc4c(c3)c3ccccc3n4-c3ccccc3)n2)c1. The molecule has 1 aliphatic rings. The van der Waals surface area contributed by atoms with Gasteiger partial charge < -0.3 is 9.13 Å². The van der Waals surface area contributed by atoms with Gasteiger partial charge in [-0.3, -0.25) is 0 Å². The lowest BCUT2D eigenvalue weighted by atomic mass is 9.63. The highest BCUT2D eigenvalue weighted by Crippen LogP contribution is 2.49. The Balaban J connectivity index is 1.08. The molecule has 1 aliphatic carbocycles. The van der Waals surface area contributed by atoms with E-state index in [4.69, 9.17) is 15.0 Å². The zero-order valence-corrected chi connectivity index (χ0v) is 35.4. The van der Waals surface area contributed by atoms with Crippen LogP contribution in [-0.2, 0) is 10.8 Å². The van der Waals surface area contributed by atoms with Crippen LogP contribution in [0.2, 0.25) is 0 Å². The molecule has 0 radical (unpaired) electrons. The Bertz CT molecular complexity index is 3570. The molecular weight excluding hydrogens is 755 g/mol. The summed E-state index contributed by atoms with van der Waals surface area (Å²) in [4.78, 5) is 15.7. The summed E-state index contributed by atoms with van der Waals surface area (Å²) in [7, 11) is 0. The van der Waals surface area contributed by atoms with Gasteiger partial charge in [0.15, 0.2) is 17.5 Å². The minimum absolute atomic E-state index is 0.0683. The lowest BCUT2D eigenvalue weighted by Crippen LogP contribution is -2.33. The van der Waals surface area contributed by atoms with Crippen molar-refractivity contribution < 1.29 is 0 Å².